The van der Waals surface area contributed by atoms with Crippen molar-refractivity contribution >= 4 is 17.3 Å². The average Bonchev–Trinajstić information content (AvgIpc) is 2.39. The van der Waals surface area contributed by atoms with E-state index in [-0.39, 0.29) is 17.3 Å². The average molecular weight is 264 g/mol. The minimum atomic E-state index is -0.573. The van der Waals surface area contributed by atoms with Crippen molar-refractivity contribution in [3.05, 3.63) is 33.9 Å². The smallest absolute Gasteiger partial charge is 0.292 e. The van der Waals surface area contributed by atoms with Gasteiger partial charge in [0, 0.05) is 37.8 Å². The van der Waals surface area contributed by atoms with Crippen molar-refractivity contribution in [2.24, 2.45) is 0 Å². The Morgan fingerprint density at radius 3 is 2.53 bits per heavy atom. The molecule has 0 unspecified atom stereocenters. The number of rotatable bonds is 2. The zero-order valence-corrected chi connectivity index (χ0v) is 10.7. The Morgan fingerprint density at radius 2 is 1.95 bits per heavy atom. The Kier molecular flexibility index (Phi) is 3.66. The lowest BCUT2D eigenvalue weighted by atomic mass is 10.1. The number of nitro groups is 1. The minimum Gasteiger partial charge on any atom is -0.393 e. The number of anilines is 1. The summed E-state index contributed by atoms with van der Waals surface area (Å²) in [5.41, 5.74) is 5.67. The van der Waals surface area contributed by atoms with Crippen molar-refractivity contribution in [2.75, 3.05) is 39.0 Å². The molecule has 7 heteroatoms. The van der Waals surface area contributed by atoms with Crippen LogP contribution in [0.2, 0.25) is 0 Å². The van der Waals surface area contributed by atoms with Crippen LogP contribution in [-0.2, 0) is 0 Å². The molecule has 1 amide bonds. The summed E-state index contributed by atoms with van der Waals surface area (Å²) in [5.74, 6) is -0.184. The summed E-state index contributed by atoms with van der Waals surface area (Å²) >= 11 is 0. The first-order valence-electron chi connectivity index (χ1n) is 6.01. The van der Waals surface area contributed by atoms with E-state index in [0.717, 1.165) is 13.1 Å². The van der Waals surface area contributed by atoms with E-state index in [1.165, 1.54) is 18.2 Å². The van der Waals surface area contributed by atoms with Crippen molar-refractivity contribution in [1.29, 1.82) is 0 Å². The van der Waals surface area contributed by atoms with Gasteiger partial charge in [0.1, 0.15) is 5.69 Å². The molecule has 0 radical (unpaired) electrons. The number of piperazine rings is 1. The molecule has 0 atom stereocenters. The highest BCUT2D eigenvalue weighted by Crippen LogP contribution is 2.23. The maximum Gasteiger partial charge on any atom is 0.292 e. The summed E-state index contributed by atoms with van der Waals surface area (Å²) < 4.78 is 0. The van der Waals surface area contributed by atoms with E-state index in [2.05, 4.69) is 4.90 Å². The van der Waals surface area contributed by atoms with Crippen LogP contribution in [0.25, 0.3) is 0 Å². The fraction of sp³-hybridized carbons (Fsp3) is 0.417. The Morgan fingerprint density at radius 1 is 1.32 bits per heavy atom. The maximum atomic E-state index is 12.2. The van der Waals surface area contributed by atoms with E-state index in [1.54, 1.807) is 4.90 Å². The number of nitrogens with two attached hydrogens (primary N) is 1. The quantitative estimate of drug-likeness (QED) is 0.479. The molecule has 0 spiro atoms. The molecule has 1 aliphatic heterocycles. The zero-order valence-electron chi connectivity index (χ0n) is 10.7. The van der Waals surface area contributed by atoms with Crippen molar-refractivity contribution in [2.45, 2.75) is 0 Å². The molecule has 0 bridgehead atoms. The first kappa shape index (κ1) is 13.3. The highest BCUT2D eigenvalue weighted by atomic mass is 16.6. The predicted octanol–water partition coefficient (Wildman–Crippen LogP) is 0.565. The van der Waals surface area contributed by atoms with Crippen LogP contribution in [0, 0.1) is 10.1 Å². The number of carbonyl (C=O) groups excluding carboxylic acids is 1. The Balaban J connectivity index is 2.20. The second-order valence-corrected chi connectivity index (χ2v) is 4.63. The van der Waals surface area contributed by atoms with Gasteiger partial charge in [0.25, 0.3) is 11.6 Å². The summed E-state index contributed by atoms with van der Waals surface area (Å²) in [4.78, 5) is 26.3. The van der Waals surface area contributed by atoms with Crippen molar-refractivity contribution in [3.63, 3.8) is 0 Å². The molecular weight excluding hydrogens is 248 g/mol. The first-order chi connectivity index (χ1) is 8.99. The molecule has 0 aliphatic carbocycles. The number of nitrogen functional groups attached to an aromatic ring is 1. The third kappa shape index (κ3) is 2.82. The number of nitrogens with zero attached hydrogens (tertiary/aromatic N) is 3. The van der Waals surface area contributed by atoms with Gasteiger partial charge in [-0.25, -0.2) is 0 Å². The van der Waals surface area contributed by atoms with E-state index >= 15 is 0 Å². The normalized spacial score (nSPS) is 16.4. The van der Waals surface area contributed by atoms with Crippen LogP contribution in [-0.4, -0.2) is 53.9 Å². The third-order valence-electron chi connectivity index (χ3n) is 3.26. The second kappa shape index (κ2) is 5.23. The summed E-state index contributed by atoms with van der Waals surface area (Å²) in [6.45, 7) is 2.88. The summed E-state index contributed by atoms with van der Waals surface area (Å²) in [6.07, 6.45) is 0. The van der Waals surface area contributed by atoms with Crippen LogP contribution in [0.4, 0.5) is 11.4 Å². The SMILES string of the molecule is CN1CCN(C(=O)c2ccc(N)c([N+](=O)[O-])c2)CC1. The molecule has 7 nitrogen and oxygen atoms in total. The predicted molar refractivity (Wildman–Crippen MR) is 70.9 cm³/mol. The minimum absolute atomic E-state index is 0.0694. The molecule has 19 heavy (non-hydrogen) atoms. The maximum absolute atomic E-state index is 12.2. The zero-order chi connectivity index (χ0) is 14.0. The largest absolute Gasteiger partial charge is 0.393 e. The molecule has 1 heterocycles. The van der Waals surface area contributed by atoms with Crippen LogP contribution in [0.15, 0.2) is 18.2 Å². The lowest BCUT2D eigenvalue weighted by Gasteiger charge is -2.32. The van der Waals surface area contributed by atoms with Crippen LogP contribution in [0.5, 0.6) is 0 Å². The van der Waals surface area contributed by atoms with Gasteiger partial charge in [0.2, 0.25) is 0 Å². The molecule has 1 saturated heterocycles. The van der Waals surface area contributed by atoms with Gasteiger partial charge < -0.3 is 15.5 Å². The van der Waals surface area contributed by atoms with Gasteiger partial charge in [-0.2, -0.15) is 0 Å². The van der Waals surface area contributed by atoms with Gasteiger partial charge in [-0.1, -0.05) is 0 Å². The number of hydrogen-bond acceptors (Lipinski definition) is 5. The molecule has 1 fully saturated rings. The van der Waals surface area contributed by atoms with Gasteiger partial charge in [0.15, 0.2) is 0 Å². The van der Waals surface area contributed by atoms with Crippen LogP contribution in [0.1, 0.15) is 10.4 Å². The number of carbonyl (C=O) groups is 1. The van der Waals surface area contributed by atoms with E-state index in [4.69, 9.17) is 5.73 Å². The summed E-state index contributed by atoms with van der Waals surface area (Å²) in [7, 11) is 2.00. The first-order valence-corrected chi connectivity index (χ1v) is 6.01. The molecule has 1 aromatic carbocycles. The topological polar surface area (TPSA) is 92.7 Å². The monoisotopic (exact) mass is 264 g/mol. The van der Waals surface area contributed by atoms with E-state index in [9.17, 15) is 14.9 Å². The van der Waals surface area contributed by atoms with Crippen LogP contribution >= 0.6 is 0 Å². The lowest BCUT2D eigenvalue weighted by Crippen LogP contribution is -2.47. The summed E-state index contributed by atoms with van der Waals surface area (Å²) in [6, 6.07) is 4.18. The molecule has 1 aliphatic rings. The Bertz CT molecular complexity index is 510. The fourth-order valence-corrected chi connectivity index (χ4v) is 2.03. The van der Waals surface area contributed by atoms with Crippen molar-refractivity contribution in [1.82, 2.24) is 9.80 Å². The molecular formula is C12H16N4O3. The second-order valence-electron chi connectivity index (χ2n) is 4.63. The number of nitro benzene ring substituents is 1. The van der Waals surface area contributed by atoms with Crippen LogP contribution < -0.4 is 5.73 Å². The number of likely N-dealkylation sites (N-methyl/N-ethyl adjacent to an activating group) is 1. The highest BCUT2D eigenvalue weighted by Gasteiger charge is 2.22. The van der Waals surface area contributed by atoms with E-state index in [0.29, 0.717) is 18.7 Å². The molecule has 2 rings (SSSR count). The standard InChI is InChI=1S/C12H16N4O3/c1-14-4-6-15(7-5-14)12(17)9-2-3-10(13)11(8-9)16(18)19/h2-3,8H,4-7,13H2,1H3. The van der Waals surface area contributed by atoms with Gasteiger partial charge in [-0.05, 0) is 19.2 Å². The van der Waals surface area contributed by atoms with Gasteiger partial charge >= 0.3 is 0 Å². The fourth-order valence-electron chi connectivity index (χ4n) is 2.03. The van der Waals surface area contributed by atoms with E-state index in [1.807, 2.05) is 7.05 Å². The number of benzene rings is 1. The number of amides is 1. The Hall–Kier alpha value is -2.15. The number of hydrogen-bond donors (Lipinski definition) is 1. The highest BCUT2D eigenvalue weighted by molar-refractivity contribution is 5.95. The van der Waals surface area contributed by atoms with Gasteiger partial charge in [0.05, 0.1) is 4.92 Å². The molecule has 0 aromatic heterocycles. The van der Waals surface area contributed by atoms with E-state index < -0.39 is 4.92 Å². The molecule has 2 N–H and O–H groups in total. The van der Waals surface area contributed by atoms with Gasteiger partial charge in [-0.3, -0.25) is 14.9 Å². The molecule has 1 aromatic rings. The van der Waals surface area contributed by atoms with Gasteiger partial charge in [-0.15, -0.1) is 0 Å². The van der Waals surface area contributed by atoms with Crippen molar-refractivity contribution in [3.8, 4) is 0 Å². The molecule has 102 valence electrons. The molecule has 0 saturated carbocycles. The lowest BCUT2D eigenvalue weighted by molar-refractivity contribution is -0.383. The third-order valence-corrected chi connectivity index (χ3v) is 3.26. The van der Waals surface area contributed by atoms with Crippen molar-refractivity contribution < 1.29 is 9.72 Å². The Labute approximate surface area is 110 Å². The summed E-state index contributed by atoms with van der Waals surface area (Å²) in [5, 5.41) is 10.8. The van der Waals surface area contributed by atoms with Crippen LogP contribution in [0.3, 0.4) is 0 Å².